The largest absolute Gasteiger partial charge is 0.383 e. The van der Waals surface area contributed by atoms with Crippen LogP contribution in [-0.4, -0.2) is 17.9 Å². The van der Waals surface area contributed by atoms with Crippen LogP contribution >= 0.6 is 27.3 Å². The van der Waals surface area contributed by atoms with Gasteiger partial charge in [0, 0.05) is 28.0 Å². The maximum Gasteiger partial charge on any atom is 0.292 e. The van der Waals surface area contributed by atoms with E-state index < -0.39 is 4.92 Å². The monoisotopic (exact) mass is 369 g/mol. The minimum Gasteiger partial charge on any atom is -0.383 e. The van der Waals surface area contributed by atoms with E-state index in [0.29, 0.717) is 17.8 Å². The van der Waals surface area contributed by atoms with Gasteiger partial charge in [0.1, 0.15) is 5.69 Å². The Morgan fingerprint density at radius 3 is 2.76 bits per heavy atom. The summed E-state index contributed by atoms with van der Waals surface area (Å²) in [5.41, 5.74) is 0.623. The van der Waals surface area contributed by atoms with Gasteiger partial charge in [0.15, 0.2) is 0 Å². The molecule has 0 aliphatic carbocycles. The Labute approximate surface area is 133 Å². The first-order valence-electron chi connectivity index (χ1n) is 5.99. The Kier molecular flexibility index (Phi) is 4.92. The highest BCUT2D eigenvalue weighted by molar-refractivity contribution is 9.10. The molecule has 2 rings (SSSR count). The predicted octanol–water partition coefficient (Wildman–Crippen LogP) is 3.39. The standard InChI is InChI=1S/C13H12BrN3O3S/c1-15-10-6-8(2-3-11(10)17(19)20)13(18)16-7-12-9(14)4-5-21-12/h2-6,15H,7H2,1H3,(H,16,18). The maximum atomic E-state index is 12.1. The fourth-order valence-corrected chi connectivity index (χ4v) is 3.18. The summed E-state index contributed by atoms with van der Waals surface area (Å²) in [7, 11) is 1.58. The number of nitrogens with zero attached hydrogens (tertiary/aromatic N) is 1. The fraction of sp³-hybridized carbons (Fsp3) is 0.154. The van der Waals surface area contributed by atoms with Crippen molar-refractivity contribution in [1.29, 1.82) is 0 Å². The fourth-order valence-electron chi connectivity index (χ4n) is 1.75. The Bertz CT molecular complexity index is 687. The lowest BCUT2D eigenvalue weighted by atomic mass is 10.1. The van der Waals surface area contributed by atoms with Crippen LogP contribution in [0.15, 0.2) is 34.1 Å². The normalized spacial score (nSPS) is 10.2. The number of halogens is 1. The molecule has 1 amide bonds. The Balaban J connectivity index is 2.12. The van der Waals surface area contributed by atoms with Crippen molar-refractivity contribution < 1.29 is 9.72 Å². The third-order valence-corrected chi connectivity index (χ3v) is 4.75. The third-order valence-electron chi connectivity index (χ3n) is 2.83. The molecule has 0 aliphatic rings. The average Bonchev–Trinajstić information content (AvgIpc) is 2.89. The molecule has 2 aromatic rings. The molecule has 0 fully saturated rings. The lowest BCUT2D eigenvalue weighted by molar-refractivity contribution is -0.383. The summed E-state index contributed by atoms with van der Waals surface area (Å²) in [5.74, 6) is -0.276. The molecule has 0 unspecified atom stereocenters. The zero-order valence-corrected chi connectivity index (χ0v) is 13.5. The van der Waals surface area contributed by atoms with E-state index in [1.54, 1.807) is 7.05 Å². The Hall–Kier alpha value is -1.93. The molecule has 0 bridgehead atoms. The molecule has 0 spiro atoms. The molecule has 0 atom stereocenters. The van der Waals surface area contributed by atoms with Crippen molar-refractivity contribution in [3.05, 3.63) is 54.7 Å². The molecule has 2 N–H and O–H groups in total. The molecule has 0 saturated carbocycles. The zero-order valence-electron chi connectivity index (χ0n) is 11.1. The molecule has 0 radical (unpaired) electrons. The Morgan fingerprint density at radius 2 is 2.19 bits per heavy atom. The number of nitro benzene ring substituents is 1. The topological polar surface area (TPSA) is 84.3 Å². The van der Waals surface area contributed by atoms with Crippen molar-refractivity contribution in [3.63, 3.8) is 0 Å². The smallest absolute Gasteiger partial charge is 0.292 e. The van der Waals surface area contributed by atoms with E-state index in [1.807, 2.05) is 11.4 Å². The van der Waals surface area contributed by atoms with Crippen LogP contribution in [0.5, 0.6) is 0 Å². The van der Waals surface area contributed by atoms with Crippen LogP contribution < -0.4 is 10.6 Å². The van der Waals surface area contributed by atoms with Gasteiger partial charge in [-0.05, 0) is 39.5 Å². The van der Waals surface area contributed by atoms with Gasteiger partial charge in [-0.3, -0.25) is 14.9 Å². The molecular formula is C13H12BrN3O3S. The lowest BCUT2D eigenvalue weighted by Gasteiger charge is -2.07. The van der Waals surface area contributed by atoms with Crippen molar-refractivity contribution in [2.24, 2.45) is 0 Å². The number of carbonyl (C=O) groups is 1. The summed E-state index contributed by atoms with van der Waals surface area (Å²) in [6.45, 7) is 0.406. The van der Waals surface area contributed by atoms with Gasteiger partial charge < -0.3 is 10.6 Å². The van der Waals surface area contributed by atoms with Crippen LogP contribution in [0.1, 0.15) is 15.2 Å². The van der Waals surface area contributed by atoms with Gasteiger partial charge in [-0.1, -0.05) is 0 Å². The number of nitrogens with one attached hydrogen (secondary N) is 2. The molecule has 6 nitrogen and oxygen atoms in total. The maximum absolute atomic E-state index is 12.1. The van der Waals surface area contributed by atoms with Gasteiger partial charge in [-0.2, -0.15) is 0 Å². The molecule has 8 heteroatoms. The first-order chi connectivity index (χ1) is 10.0. The number of nitro groups is 1. The van der Waals surface area contributed by atoms with Crippen LogP contribution in [-0.2, 0) is 6.54 Å². The second-order valence-electron chi connectivity index (χ2n) is 4.11. The summed E-state index contributed by atoms with van der Waals surface area (Å²) in [4.78, 5) is 23.4. The van der Waals surface area contributed by atoms with E-state index in [-0.39, 0.29) is 11.6 Å². The van der Waals surface area contributed by atoms with Crippen LogP contribution in [0.3, 0.4) is 0 Å². The highest BCUT2D eigenvalue weighted by Crippen LogP contribution is 2.25. The van der Waals surface area contributed by atoms with Crippen LogP contribution in [0, 0.1) is 10.1 Å². The van der Waals surface area contributed by atoms with E-state index in [9.17, 15) is 14.9 Å². The molecule has 110 valence electrons. The highest BCUT2D eigenvalue weighted by atomic mass is 79.9. The van der Waals surface area contributed by atoms with E-state index in [1.165, 1.54) is 29.5 Å². The number of thiophene rings is 1. The Morgan fingerprint density at radius 1 is 1.43 bits per heavy atom. The first-order valence-corrected chi connectivity index (χ1v) is 7.66. The van der Waals surface area contributed by atoms with Crippen molar-refractivity contribution >= 4 is 44.5 Å². The van der Waals surface area contributed by atoms with Crippen molar-refractivity contribution in [3.8, 4) is 0 Å². The highest BCUT2D eigenvalue weighted by Gasteiger charge is 2.16. The van der Waals surface area contributed by atoms with Gasteiger partial charge in [0.05, 0.1) is 11.5 Å². The van der Waals surface area contributed by atoms with Crippen molar-refractivity contribution in [2.75, 3.05) is 12.4 Å². The summed E-state index contributed by atoms with van der Waals surface area (Å²) >= 11 is 4.93. The van der Waals surface area contributed by atoms with Crippen LogP contribution in [0.25, 0.3) is 0 Å². The van der Waals surface area contributed by atoms with Gasteiger partial charge >= 0.3 is 0 Å². The minimum atomic E-state index is -0.490. The second-order valence-corrected chi connectivity index (χ2v) is 5.97. The van der Waals surface area contributed by atoms with E-state index >= 15 is 0 Å². The van der Waals surface area contributed by atoms with E-state index in [0.717, 1.165) is 9.35 Å². The molecule has 1 aromatic heterocycles. The number of hydrogen-bond donors (Lipinski definition) is 2. The average molecular weight is 370 g/mol. The quantitative estimate of drug-likeness (QED) is 0.624. The molecule has 0 saturated heterocycles. The second kappa shape index (κ2) is 6.68. The van der Waals surface area contributed by atoms with Gasteiger partial charge in [-0.15, -0.1) is 11.3 Å². The number of carbonyl (C=O) groups excluding carboxylic acids is 1. The van der Waals surface area contributed by atoms with Gasteiger partial charge in [0.25, 0.3) is 11.6 Å². The summed E-state index contributed by atoms with van der Waals surface area (Å²) in [6, 6.07) is 6.15. The summed E-state index contributed by atoms with van der Waals surface area (Å²) < 4.78 is 0.951. The number of benzene rings is 1. The minimum absolute atomic E-state index is 0.0601. The number of amides is 1. The summed E-state index contributed by atoms with van der Waals surface area (Å²) in [6.07, 6.45) is 0. The number of rotatable bonds is 5. The van der Waals surface area contributed by atoms with Crippen molar-refractivity contribution in [1.82, 2.24) is 5.32 Å². The molecule has 1 aromatic carbocycles. The van der Waals surface area contributed by atoms with Gasteiger partial charge in [-0.25, -0.2) is 0 Å². The zero-order chi connectivity index (χ0) is 15.4. The van der Waals surface area contributed by atoms with Gasteiger partial charge in [0.2, 0.25) is 0 Å². The summed E-state index contributed by atoms with van der Waals surface area (Å²) in [5, 5.41) is 18.3. The number of hydrogen-bond acceptors (Lipinski definition) is 5. The molecule has 21 heavy (non-hydrogen) atoms. The van der Waals surface area contributed by atoms with Crippen molar-refractivity contribution in [2.45, 2.75) is 6.54 Å². The number of anilines is 1. The SMILES string of the molecule is CNc1cc(C(=O)NCc2sccc2Br)ccc1[N+](=O)[O-]. The first kappa shape index (κ1) is 15.5. The van der Waals surface area contributed by atoms with Crippen LogP contribution in [0.2, 0.25) is 0 Å². The predicted molar refractivity (Wildman–Crippen MR) is 85.8 cm³/mol. The van der Waals surface area contributed by atoms with Crippen LogP contribution in [0.4, 0.5) is 11.4 Å². The van der Waals surface area contributed by atoms with E-state index in [2.05, 4.69) is 26.6 Å². The van der Waals surface area contributed by atoms with E-state index in [4.69, 9.17) is 0 Å². The molecular weight excluding hydrogens is 358 g/mol. The molecule has 1 heterocycles. The third kappa shape index (κ3) is 3.59. The molecule has 0 aliphatic heterocycles. The lowest BCUT2D eigenvalue weighted by Crippen LogP contribution is -2.22.